The quantitative estimate of drug-likeness (QED) is 0.787. The lowest BCUT2D eigenvalue weighted by Crippen LogP contribution is -2.47. The largest absolute Gasteiger partial charge is 0.489 e. The predicted octanol–water partition coefficient (Wildman–Crippen LogP) is 2.71. The van der Waals surface area contributed by atoms with Crippen molar-refractivity contribution in [1.82, 2.24) is 15.4 Å². The number of aryl methyl sites for hydroxylation is 2. The molecule has 0 spiro atoms. The molecule has 2 heterocycles. The van der Waals surface area contributed by atoms with Crippen LogP contribution in [-0.2, 0) is 11.3 Å². The summed E-state index contributed by atoms with van der Waals surface area (Å²) in [7, 11) is 0. The van der Waals surface area contributed by atoms with Gasteiger partial charge in [-0.25, -0.2) is 0 Å². The second-order valence-electron chi connectivity index (χ2n) is 7.39. The molecular formula is C21H29N3O4. The molecule has 152 valence electrons. The molecule has 2 unspecified atom stereocenters. The van der Waals surface area contributed by atoms with Crippen LogP contribution in [0.1, 0.15) is 41.2 Å². The first-order valence-corrected chi connectivity index (χ1v) is 9.73. The maximum Gasteiger partial charge on any atom is 0.251 e. The number of ether oxygens (including phenoxy) is 2. The number of aromatic nitrogens is 1. The molecule has 0 aliphatic carbocycles. The van der Waals surface area contributed by atoms with E-state index in [1.807, 2.05) is 13.8 Å². The maximum absolute atomic E-state index is 12.3. The van der Waals surface area contributed by atoms with Crippen LogP contribution in [0.25, 0.3) is 0 Å². The van der Waals surface area contributed by atoms with Crippen molar-refractivity contribution in [3.8, 4) is 5.75 Å². The Bertz CT molecular complexity index is 758. The van der Waals surface area contributed by atoms with Crippen molar-refractivity contribution in [2.24, 2.45) is 0 Å². The zero-order chi connectivity index (χ0) is 20.1. The van der Waals surface area contributed by atoms with E-state index >= 15 is 0 Å². The highest BCUT2D eigenvalue weighted by Crippen LogP contribution is 2.18. The van der Waals surface area contributed by atoms with E-state index in [1.54, 1.807) is 24.3 Å². The molecule has 7 nitrogen and oxygen atoms in total. The molecule has 28 heavy (non-hydrogen) atoms. The molecule has 7 heteroatoms. The number of nitrogens with zero attached hydrogens (tertiary/aromatic N) is 2. The van der Waals surface area contributed by atoms with Crippen molar-refractivity contribution in [3.63, 3.8) is 0 Å². The first-order valence-electron chi connectivity index (χ1n) is 9.73. The number of carbonyl (C=O) groups is 1. The topological polar surface area (TPSA) is 76.8 Å². The molecule has 1 amide bonds. The summed E-state index contributed by atoms with van der Waals surface area (Å²) >= 11 is 0. The number of hydrogen-bond donors (Lipinski definition) is 1. The van der Waals surface area contributed by atoms with Crippen LogP contribution < -0.4 is 10.1 Å². The Morgan fingerprint density at radius 3 is 2.50 bits per heavy atom. The second kappa shape index (κ2) is 9.21. The Hall–Kier alpha value is -2.38. The minimum Gasteiger partial charge on any atom is -0.489 e. The highest BCUT2D eigenvalue weighted by Gasteiger charge is 2.21. The normalized spacial score (nSPS) is 20.1. The fourth-order valence-corrected chi connectivity index (χ4v) is 3.46. The SMILES string of the molecule is Cc1noc(C)c1COc1ccc(C(=O)NCCN2CC(C)OC(C)C2)cc1. The monoisotopic (exact) mass is 387 g/mol. The number of nitrogens with one attached hydrogen (secondary N) is 1. The van der Waals surface area contributed by atoms with Gasteiger partial charge in [0.25, 0.3) is 5.91 Å². The Kier molecular flexibility index (Phi) is 6.70. The van der Waals surface area contributed by atoms with Gasteiger partial charge in [0.05, 0.1) is 23.5 Å². The van der Waals surface area contributed by atoms with Gasteiger partial charge in [0.2, 0.25) is 0 Å². The Balaban J connectivity index is 1.44. The summed E-state index contributed by atoms with van der Waals surface area (Å²) in [6, 6.07) is 7.16. The molecule has 1 aliphatic rings. The van der Waals surface area contributed by atoms with Crippen LogP contribution in [0, 0.1) is 13.8 Å². The van der Waals surface area contributed by atoms with Crippen molar-refractivity contribution in [3.05, 3.63) is 46.8 Å². The summed E-state index contributed by atoms with van der Waals surface area (Å²) in [4.78, 5) is 14.7. The fraction of sp³-hybridized carbons (Fsp3) is 0.524. The van der Waals surface area contributed by atoms with Crippen molar-refractivity contribution in [2.45, 2.75) is 46.5 Å². The lowest BCUT2D eigenvalue weighted by Gasteiger charge is -2.35. The zero-order valence-electron chi connectivity index (χ0n) is 17.0. The Labute approximate surface area is 166 Å². The molecule has 0 bridgehead atoms. The average Bonchev–Trinajstić information content (AvgIpc) is 2.97. The third-order valence-electron chi connectivity index (χ3n) is 4.89. The molecule has 1 aromatic carbocycles. The van der Waals surface area contributed by atoms with Gasteiger partial charge in [-0.05, 0) is 52.0 Å². The summed E-state index contributed by atoms with van der Waals surface area (Å²) < 4.78 is 16.6. The van der Waals surface area contributed by atoms with Crippen LogP contribution in [0.4, 0.5) is 0 Å². The molecule has 1 N–H and O–H groups in total. The summed E-state index contributed by atoms with van der Waals surface area (Å²) in [5.41, 5.74) is 2.40. The molecule has 2 aromatic rings. The van der Waals surface area contributed by atoms with E-state index in [2.05, 4.69) is 29.2 Å². The number of amides is 1. The van der Waals surface area contributed by atoms with E-state index in [0.717, 1.165) is 36.7 Å². The second-order valence-corrected chi connectivity index (χ2v) is 7.39. The number of rotatable bonds is 7. The minimum atomic E-state index is -0.0772. The molecule has 1 saturated heterocycles. The smallest absolute Gasteiger partial charge is 0.251 e. The number of morpholine rings is 1. The van der Waals surface area contributed by atoms with Crippen LogP contribution in [0.5, 0.6) is 5.75 Å². The number of benzene rings is 1. The van der Waals surface area contributed by atoms with Crippen LogP contribution in [0.15, 0.2) is 28.8 Å². The van der Waals surface area contributed by atoms with Gasteiger partial charge >= 0.3 is 0 Å². The van der Waals surface area contributed by atoms with E-state index in [4.69, 9.17) is 14.0 Å². The molecule has 1 aliphatic heterocycles. The van der Waals surface area contributed by atoms with Gasteiger partial charge < -0.3 is 19.3 Å². The van der Waals surface area contributed by atoms with E-state index in [0.29, 0.717) is 24.5 Å². The van der Waals surface area contributed by atoms with Crippen LogP contribution >= 0.6 is 0 Å². The van der Waals surface area contributed by atoms with Gasteiger partial charge in [0.1, 0.15) is 18.1 Å². The zero-order valence-corrected chi connectivity index (χ0v) is 17.0. The summed E-state index contributed by atoms with van der Waals surface area (Å²) in [5.74, 6) is 1.39. The summed E-state index contributed by atoms with van der Waals surface area (Å²) in [6.07, 6.45) is 0.467. The van der Waals surface area contributed by atoms with E-state index in [1.165, 1.54) is 0 Å². The standard InChI is InChI=1S/C21H29N3O4/c1-14-11-24(12-15(2)27-14)10-9-22-21(25)18-5-7-19(8-6-18)26-13-20-16(3)23-28-17(20)4/h5-8,14-15H,9-13H2,1-4H3,(H,22,25). The molecule has 2 atom stereocenters. The first-order chi connectivity index (χ1) is 13.4. The van der Waals surface area contributed by atoms with Gasteiger partial charge in [0, 0.05) is 31.7 Å². The van der Waals surface area contributed by atoms with Crippen molar-refractivity contribution < 1.29 is 18.8 Å². The van der Waals surface area contributed by atoms with Crippen LogP contribution in [-0.4, -0.2) is 54.4 Å². The van der Waals surface area contributed by atoms with Crippen molar-refractivity contribution in [2.75, 3.05) is 26.2 Å². The average molecular weight is 387 g/mol. The van der Waals surface area contributed by atoms with Crippen LogP contribution in [0.3, 0.4) is 0 Å². The van der Waals surface area contributed by atoms with E-state index in [-0.39, 0.29) is 18.1 Å². The lowest BCUT2D eigenvalue weighted by molar-refractivity contribution is -0.0672. The molecular weight excluding hydrogens is 358 g/mol. The highest BCUT2D eigenvalue weighted by molar-refractivity contribution is 5.94. The van der Waals surface area contributed by atoms with Crippen LogP contribution in [0.2, 0.25) is 0 Å². The summed E-state index contributed by atoms with van der Waals surface area (Å²) in [5, 5.41) is 6.90. The molecule has 3 rings (SSSR count). The van der Waals surface area contributed by atoms with Gasteiger partial charge in [0.15, 0.2) is 0 Å². The molecule has 1 fully saturated rings. The maximum atomic E-state index is 12.3. The molecule has 1 aromatic heterocycles. The highest BCUT2D eigenvalue weighted by atomic mass is 16.5. The first kappa shape index (κ1) is 20.4. The van der Waals surface area contributed by atoms with Gasteiger partial charge in [-0.2, -0.15) is 0 Å². The molecule has 0 radical (unpaired) electrons. The summed E-state index contributed by atoms with van der Waals surface area (Å²) in [6.45, 7) is 11.5. The van der Waals surface area contributed by atoms with Gasteiger partial charge in [-0.1, -0.05) is 5.16 Å². The minimum absolute atomic E-state index is 0.0772. The fourth-order valence-electron chi connectivity index (χ4n) is 3.46. The number of carbonyl (C=O) groups excluding carboxylic acids is 1. The van der Waals surface area contributed by atoms with E-state index < -0.39 is 0 Å². The number of hydrogen-bond acceptors (Lipinski definition) is 6. The van der Waals surface area contributed by atoms with Gasteiger partial charge in [-0.3, -0.25) is 9.69 Å². The van der Waals surface area contributed by atoms with Crippen molar-refractivity contribution in [1.29, 1.82) is 0 Å². The third-order valence-corrected chi connectivity index (χ3v) is 4.89. The molecule has 0 saturated carbocycles. The third kappa shape index (κ3) is 5.33. The Morgan fingerprint density at radius 1 is 1.21 bits per heavy atom. The van der Waals surface area contributed by atoms with Crippen molar-refractivity contribution >= 4 is 5.91 Å². The van der Waals surface area contributed by atoms with Gasteiger partial charge in [-0.15, -0.1) is 0 Å². The predicted molar refractivity (Wildman–Crippen MR) is 106 cm³/mol. The lowest BCUT2D eigenvalue weighted by atomic mass is 10.2. The van der Waals surface area contributed by atoms with E-state index in [9.17, 15) is 4.79 Å². The Morgan fingerprint density at radius 2 is 1.89 bits per heavy atom.